The van der Waals surface area contributed by atoms with Gasteiger partial charge in [0.1, 0.15) is 17.5 Å². The Labute approximate surface area is 168 Å². The third kappa shape index (κ3) is 4.62. The summed E-state index contributed by atoms with van der Waals surface area (Å²) in [5.41, 5.74) is -4.56. The summed E-state index contributed by atoms with van der Waals surface area (Å²) >= 11 is 0. The maximum Gasteiger partial charge on any atom is 0.435 e. The highest BCUT2D eigenvalue weighted by Gasteiger charge is 2.42. The number of pyridine rings is 1. The molecule has 14 heteroatoms. The van der Waals surface area contributed by atoms with E-state index in [1.165, 1.54) is 0 Å². The minimum atomic E-state index is -5.11. The number of halogens is 6. The second kappa shape index (κ2) is 7.70. The Kier molecular flexibility index (Phi) is 5.40. The summed E-state index contributed by atoms with van der Waals surface area (Å²) < 4.78 is 77.9. The molecule has 2 heterocycles. The molecular formula is C17H9F6N5O3. The number of hydrogen-bond donors (Lipinski definition) is 1. The summed E-state index contributed by atoms with van der Waals surface area (Å²) in [6.07, 6.45) is -8.17. The van der Waals surface area contributed by atoms with Crippen LogP contribution in [0, 0.1) is 10.1 Å². The van der Waals surface area contributed by atoms with Gasteiger partial charge in [-0.3, -0.25) is 19.9 Å². The molecule has 0 atom stereocenters. The molecule has 1 N–H and O–H groups in total. The molecule has 0 saturated carbocycles. The number of anilines is 1. The van der Waals surface area contributed by atoms with Gasteiger partial charge in [0.05, 0.1) is 10.6 Å². The van der Waals surface area contributed by atoms with Crippen LogP contribution in [0.5, 0.6) is 0 Å². The van der Waals surface area contributed by atoms with Crippen molar-refractivity contribution in [3.63, 3.8) is 0 Å². The molecule has 0 spiro atoms. The molecule has 0 saturated heterocycles. The molecule has 3 aromatic rings. The number of aromatic nitrogens is 3. The van der Waals surface area contributed by atoms with Gasteiger partial charge in [-0.1, -0.05) is 0 Å². The van der Waals surface area contributed by atoms with Crippen molar-refractivity contribution in [2.75, 3.05) is 5.32 Å². The van der Waals surface area contributed by atoms with Crippen molar-refractivity contribution >= 4 is 17.3 Å². The highest BCUT2D eigenvalue weighted by atomic mass is 19.4. The summed E-state index contributed by atoms with van der Waals surface area (Å²) in [6, 6.07) is 5.20. The van der Waals surface area contributed by atoms with E-state index >= 15 is 0 Å². The fraction of sp³-hybridized carbons (Fsp3) is 0.118. The third-order valence-electron chi connectivity index (χ3n) is 3.90. The molecule has 0 aliphatic rings. The van der Waals surface area contributed by atoms with Gasteiger partial charge in [-0.05, 0) is 30.3 Å². The third-order valence-corrected chi connectivity index (χ3v) is 3.90. The van der Waals surface area contributed by atoms with E-state index in [2.05, 4.69) is 15.4 Å². The monoisotopic (exact) mass is 445 g/mol. The van der Waals surface area contributed by atoms with Gasteiger partial charge in [-0.25, -0.2) is 4.68 Å². The van der Waals surface area contributed by atoms with Crippen LogP contribution in [-0.4, -0.2) is 25.6 Å². The Hall–Kier alpha value is -3.97. The van der Waals surface area contributed by atoms with E-state index in [0.717, 1.165) is 42.7 Å². The molecule has 0 fully saturated rings. The Balaban J connectivity index is 1.90. The van der Waals surface area contributed by atoms with Gasteiger partial charge in [0.25, 0.3) is 11.6 Å². The van der Waals surface area contributed by atoms with Crippen LogP contribution in [0.1, 0.15) is 21.7 Å². The van der Waals surface area contributed by atoms with Gasteiger partial charge < -0.3 is 5.32 Å². The summed E-state index contributed by atoms with van der Waals surface area (Å²) in [4.78, 5) is 26.0. The van der Waals surface area contributed by atoms with Crippen LogP contribution >= 0.6 is 0 Å². The quantitative estimate of drug-likeness (QED) is 0.363. The standard InChI is InChI=1S/C17H9F6N5O3/c18-16(19,20)13-7-14(17(21,22)23)27(26-13)10-3-1-9(2-4-10)25-15(29)11-5-6-24-8-12(11)28(30)31/h1-8H,(H,25,29). The van der Waals surface area contributed by atoms with E-state index in [1.807, 2.05) is 0 Å². The van der Waals surface area contributed by atoms with E-state index in [9.17, 15) is 41.3 Å². The molecule has 0 bridgehead atoms. The Bertz CT molecular complexity index is 1140. The molecule has 1 amide bonds. The summed E-state index contributed by atoms with van der Waals surface area (Å²) in [7, 11) is 0. The number of rotatable bonds is 4. The molecule has 3 rings (SSSR count). The zero-order chi connectivity index (χ0) is 23.0. The lowest BCUT2D eigenvalue weighted by atomic mass is 10.2. The minimum Gasteiger partial charge on any atom is -0.322 e. The van der Waals surface area contributed by atoms with Crippen LogP contribution < -0.4 is 5.32 Å². The number of nitrogens with one attached hydrogen (secondary N) is 1. The number of benzene rings is 1. The fourth-order valence-corrected chi connectivity index (χ4v) is 2.53. The van der Waals surface area contributed by atoms with Crippen molar-refractivity contribution in [1.29, 1.82) is 0 Å². The zero-order valence-electron chi connectivity index (χ0n) is 14.9. The number of carbonyl (C=O) groups excluding carboxylic acids is 1. The SMILES string of the molecule is O=C(Nc1ccc(-n2nc(C(F)(F)F)cc2C(F)(F)F)cc1)c1ccncc1[N+](=O)[O-]. The predicted molar refractivity (Wildman–Crippen MR) is 92.4 cm³/mol. The first-order valence-corrected chi connectivity index (χ1v) is 8.12. The molecule has 1 aromatic carbocycles. The highest BCUT2D eigenvalue weighted by molar-refractivity contribution is 6.06. The molecule has 0 aliphatic heterocycles. The average molecular weight is 445 g/mol. The molecule has 2 aromatic heterocycles. The summed E-state index contributed by atoms with van der Waals surface area (Å²) in [6.45, 7) is 0. The molecule has 0 radical (unpaired) electrons. The van der Waals surface area contributed by atoms with E-state index < -0.39 is 40.3 Å². The van der Waals surface area contributed by atoms with E-state index in [-0.39, 0.29) is 27.7 Å². The van der Waals surface area contributed by atoms with Crippen LogP contribution in [0.2, 0.25) is 0 Å². The number of nitro groups is 1. The fourth-order valence-electron chi connectivity index (χ4n) is 2.53. The van der Waals surface area contributed by atoms with Crippen LogP contribution in [0.3, 0.4) is 0 Å². The number of nitrogens with zero attached hydrogens (tertiary/aromatic N) is 4. The second-order valence-corrected chi connectivity index (χ2v) is 5.97. The molecule has 31 heavy (non-hydrogen) atoms. The lowest BCUT2D eigenvalue weighted by Gasteiger charge is -2.11. The minimum absolute atomic E-state index is 0.0246. The van der Waals surface area contributed by atoms with Gasteiger partial charge in [0, 0.05) is 18.0 Å². The maximum atomic E-state index is 13.1. The predicted octanol–water partition coefficient (Wildman–Crippen LogP) is 4.47. The van der Waals surface area contributed by atoms with Gasteiger partial charge in [-0.15, -0.1) is 0 Å². The number of amides is 1. The van der Waals surface area contributed by atoms with Crippen molar-refractivity contribution in [2.45, 2.75) is 12.4 Å². The van der Waals surface area contributed by atoms with Gasteiger partial charge in [0.15, 0.2) is 5.69 Å². The average Bonchev–Trinajstić information content (AvgIpc) is 3.15. The first-order valence-electron chi connectivity index (χ1n) is 8.12. The van der Waals surface area contributed by atoms with Gasteiger partial charge >= 0.3 is 12.4 Å². The smallest absolute Gasteiger partial charge is 0.322 e. The van der Waals surface area contributed by atoms with Crippen molar-refractivity contribution in [2.24, 2.45) is 0 Å². The van der Waals surface area contributed by atoms with Gasteiger partial charge in [-0.2, -0.15) is 31.4 Å². The lowest BCUT2D eigenvalue weighted by molar-refractivity contribution is -0.385. The Morgan fingerprint density at radius 3 is 2.23 bits per heavy atom. The Morgan fingerprint density at radius 2 is 1.68 bits per heavy atom. The van der Waals surface area contributed by atoms with Crippen molar-refractivity contribution in [1.82, 2.24) is 14.8 Å². The van der Waals surface area contributed by atoms with Crippen molar-refractivity contribution in [3.8, 4) is 5.69 Å². The van der Waals surface area contributed by atoms with E-state index in [0.29, 0.717) is 0 Å². The second-order valence-electron chi connectivity index (χ2n) is 5.97. The topological polar surface area (TPSA) is 103 Å². The molecular weight excluding hydrogens is 436 g/mol. The number of alkyl halides is 6. The number of carbonyl (C=O) groups is 1. The van der Waals surface area contributed by atoms with Crippen molar-refractivity contribution in [3.05, 3.63) is 75.9 Å². The van der Waals surface area contributed by atoms with E-state index in [1.54, 1.807) is 0 Å². The first kappa shape index (κ1) is 21.7. The highest BCUT2D eigenvalue weighted by Crippen LogP contribution is 2.36. The Morgan fingerprint density at radius 1 is 1.03 bits per heavy atom. The molecule has 0 aliphatic carbocycles. The normalized spacial score (nSPS) is 11.9. The van der Waals surface area contributed by atoms with Crippen molar-refractivity contribution < 1.29 is 36.1 Å². The van der Waals surface area contributed by atoms with Crippen LogP contribution in [-0.2, 0) is 12.4 Å². The van der Waals surface area contributed by atoms with Crippen LogP contribution in [0.4, 0.5) is 37.7 Å². The van der Waals surface area contributed by atoms with Crippen LogP contribution in [0.15, 0.2) is 48.8 Å². The first-order chi connectivity index (χ1) is 14.4. The van der Waals surface area contributed by atoms with Gasteiger partial charge in [0.2, 0.25) is 0 Å². The lowest BCUT2D eigenvalue weighted by Crippen LogP contribution is -2.15. The zero-order valence-corrected chi connectivity index (χ0v) is 14.9. The largest absolute Gasteiger partial charge is 0.435 e. The van der Waals surface area contributed by atoms with Crippen LogP contribution in [0.25, 0.3) is 5.69 Å². The van der Waals surface area contributed by atoms with E-state index in [4.69, 9.17) is 0 Å². The summed E-state index contributed by atoms with van der Waals surface area (Å²) in [5.74, 6) is -0.892. The molecule has 0 unspecified atom stereocenters. The maximum absolute atomic E-state index is 13.1. The summed E-state index contributed by atoms with van der Waals surface area (Å²) in [5, 5.41) is 16.3. The molecule has 162 valence electrons. The number of hydrogen-bond acceptors (Lipinski definition) is 5. The molecule has 8 nitrogen and oxygen atoms in total.